The van der Waals surface area contributed by atoms with Gasteiger partial charge in [0.15, 0.2) is 0 Å². The summed E-state index contributed by atoms with van der Waals surface area (Å²) in [5.74, 6) is 0. The van der Waals surface area contributed by atoms with Gasteiger partial charge >= 0.3 is 0 Å². The summed E-state index contributed by atoms with van der Waals surface area (Å²) >= 11 is 0. The van der Waals surface area contributed by atoms with Crippen LogP contribution in [0.2, 0.25) is 0 Å². The van der Waals surface area contributed by atoms with E-state index in [1.165, 1.54) is 0 Å². The first-order valence-electron chi connectivity index (χ1n) is 0. The molecule has 0 saturated carbocycles. The van der Waals surface area contributed by atoms with Gasteiger partial charge in [0.2, 0.25) is 0 Å². The van der Waals surface area contributed by atoms with Gasteiger partial charge in [-0.3, -0.25) is 0 Å². The molecule has 0 atom stereocenters. The van der Waals surface area contributed by atoms with Crippen molar-refractivity contribution in [3.05, 3.63) is 0 Å². The van der Waals surface area contributed by atoms with Crippen LogP contribution in [0.4, 0.5) is 0 Å². The van der Waals surface area contributed by atoms with E-state index in [-0.39, 0.29) is 143 Å². The normalized spacial score (nSPS) is 0. The summed E-state index contributed by atoms with van der Waals surface area (Å²) in [5, 5.41) is 0. The van der Waals surface area contributed by atoms with E-state index in [2.05, 4.69) is 0 Å². The maximum Gasteiger partial charge on any atom is 0 e. The molecule has 0 aromatic carbocycles. The van der Waals surface area contributed by atoms with Gasteiger partial charge in [-0.25, -0.2) is 0 Å². The van der Waals surface area contributed by atoms with Crippen LogP contribution in [-0.4, -0.2) is 0 Å². The Morgan fingerprint density at radius 1 is 1.00 bits per heavy atom. The van der Waals surface area contributed by atoms with Crippen molar-refractivity contribution < 1.29 is 143 Å². The molecule has 0 aromatic rings. The zero-order valence-electron chi connectivity index (χ0n) is 1.46. The first-order chi connectivity index (χ1) is 0. The average Bonchev–Trinajstić information content (AvgIpc) is 0. The predicted octanol–water partition coefficient (Wildman–Crippen LogP) is -0.00250. The minimum atomic E-state index is 0. The molecule has 0 bridgehead atoms. The van der Waals surface area contributed by atoms with Crippen LogP contribution in [0.3, 0.4) is 0 Å². The maximum absolute atomic E-state index is 0. The van der Waals surface area contributed by atoms with Crippen molar-refractivity contribution in [2.24, 2.45) is 0 Å². The van der Waals surface area contributed by atoms with E-state index in [0.717, 1.165) is 0 Å². The molecule has 0 aromatic heterocycles. The second kappa shape index (κ2) is 15.6. The fourth-order valence-corrected chi connectivity index (χ4v) is 0. The van der Waals surface area contributed by atoms with E-state index in [0.29, 0.717) is 0 Å². The molecular formula is CeCrErYb. The Balaban J connectivity index is 0. The molecule has 0 saturated heterocycles. The van der Waals surface area contributed by atoms with E-state index >= 15 is 0 Å². The molecule has 36 valence electrons. The third-order valence-corrected chi connectivity index (χ3v) is 0. The van der Waals surface area contributed by atoms with Gasteiger partial charge in [-0.2, -0.15) is 0 Å². The monoisotopic (exact) mass is 532 g/mol. The molecule has 0 fully saturated rings. The second-order valence-corrected chi connectivity index (χ2v) is 0. The van der Waals surface area contributed by atoms with Gasteiger partial charge < -0.3 is 0 Å². The Morgan fingerprint density at radius 2 is 1.00 bits per heavy atom. The molecule has 0 aliphatic rings. The molecule has 0 nitrogen and oxygen atoms in total. The molecule has 4 heavy (non-hydrogen) atoms. The van der Waals surface area contributed by atoms with E-state index in [1.807, 2.05) is 0 Å². The molecule has 4 heteroatoms. The van der Waals surface area contributed by atoms with Gasteiger partial charge in [0, 0.05) is 143 Å². The van der Waals surface area contributed by atoms with Crippen molar-refractivity contribution in [1.82, 2.24) is 0 Å². The molecule has 0 aliphatic heterocycles. The summed E-state index contributed by atoms with van der Waals surface area (Å²) in [6.07, 6.45) is 0. The largest absolute Gasteiger partial charge is 0 e. The Morgan fingerprint density at radius 3 is 1.00 bits per heavy atom. The van der Waals surface area contributed by atoms with Gasteiger partial charge in [0.25, 0.3) is 0 Å². The summed E-state index contributed by atoms with van der Waals surface area (Å²) in [7, 11) is 0. The van der Waals surface area contributed by atoms with Gasteiger partial charge in [-0.05, 0) is 0 Å². The summed E-state index contributed by atoms with van der Waals surface area (Å²) in [6, 6.07) is 0. The van der Waals surface area contributed by atoms with Crippen LogP contribution in [0, 0.1) is 126 Å². The van der Waals surface area contributed by atoms with Crippen LogP contribution < -0.4 is 0 Å². The summed E-state index contributed by atoms with van der Waals surface area (Å²) in [5.41, 5.74) is 0. The zero-order chi connectivity index (χ0) is 0. The van der Waals surface area contributed by atoms with Crippen LogP contribution in [0.25, 0.3) is 0 Å². The van der Waals surface area contributed by atoms with Gasteiger partial charge in [0.05, 0.1) is 0 Å². The third kappa shape index (κ3) is 9.84. The summed E-state index contributed by atoms with van der Waals surface area (Å²) < 4.78 is 0. The fourth-order valence-electron chi connectivity index (χ4n) is 0. The fraction of sp³-hybridized carbons (Fsp3) is 0. The van der Waals surface area contributed by atoms with Crippen LogP contribution in [-0.2, 0) is 17.4 Å². The molecule has 0 amide bonds. The first-order valence-corrected chi connectivity index (χ1v) is 0. The number of rotatable bonds is 0. The van der Waals surface area contributed by atoms with Crippen LogP contribution in [0.5, 0.6) is 0 Å². The molecule has 0 aliphatic carbocycles. The molecule has 0 rings (SSSR count). The van der Waals surface area contributed by atoms with Crippen molar-refractivity contribution >= 4 is 0 Å². The first kappa shape index (κ1) is 23.4. The minimum Gasteiger partial charge on any atom is 0 e. The maximum atomic E-state index is 0. The Kier molecular flexibility index (Phi) is 91.5. The van der Waals surface area contributed by atoms with E-state index in [1.54, 1.807) is 0 Å². The van der Waals surface area contributed by atoms with Crippen molar-refractivity contribution in [2.45, 2.75) is 0 Å². The minimum absolute atomic E-state index is 0. The molecular weight excluding hydrogens is 532 g/mol. The van der Waals surface area contributed by atoms with Gasteiger partial charge in [0.1, 0.15) is 0 Å². The van der Waals surface area contributed by atoms with Crippen molar-refractivity contribution in [2.75, 3.05) is 0 Å². The van der Waals surface area contributed by atoms with E-state index < -0.39 is 0 Å². The summed E-state index contributed by atoms with van der Waals surface area (Å²) in [4.78, 5) is 0. The molecule has 0 N–H and O–H groups in total. The quantitative estimate of drug-likeness (QED) is 0.413. The van der Waals surface area contributed by atoms with Gasteiger partial charge in [-0.15, -0.1) is 0 Å². The summed E-state index contributed by atoms with van der Waals surface area (Å²) in [6.45, 7) is 0. The van der Waals surface area contributed by atoms with Crippen LogP contribution in [0.15, 0.2) is 0 Å². The Hall–Kier alpha value is 4.68. The van der Waals surface area contributed by atoms with Crippen LogP contribution >= 0.6 is 0 Å². The molecule has 0 radical (unpaired) electrons. The van der Waals surface area contributed by atoms with Crippen molar-refractivity contribution in [3.8, 4) is 0 Å². The SMILES string of the molecule is [Ce].[Cr].[Er].[Yb]. The average molecular weight is 532 g/mol. The topological polar surface area (TPSA) is 0 Å². The Bertz CT molecular complexity index is 8.00. The van der Waals surface area contributed by atoms with E-state index in [4.69, 9.17) is 0 Å². The standard InChI is InChI=1S/Ce.Cr.Er.Yb. The van der Waals surface area contributed by atoms with Crippen molar-refractivity contribution in [3.63, 3.8) is 0 Å². The smallest absolute Gasteiger partial charge is 0 e. The zero-order valence-corrected chi connectivity index (χ0v) is 9.45. The van der Waals surface area contributed by atoms with Crippen molar-refractivity contribution in [1.29, 1.82) is 0 Å². The number of hydrogen-bond donors (Lipinski definition) is 0. The third-order valence-electron chi connectivity index (χ3n) is 0. The van der Waals surface area contributed by atoms with Gasteiger partial charge in [-0.1, -0.05) is 0 Å². The molecule has 0 spiro atoms. The second-order valence-electron chi connectivity index (χ2n) is 0. The predicted molar refractivity (Wildman–Crippen MR) is 0 cm³/mol. The van der Waals surface area contributed by atoms with Crippen LogP contribution in [0.1, 0.15) is 0 Å². The molecule has 0 heterocycles. The molecule has 0 unspecified atom stereocenters. The number of hydrogen-bond acceptors (Lipinski definition) is 0. The Labute approximate surface area is 139 Å². The van der Waals surface area contributed by atoms with E-state index in [9.17, 15) is 0 Å².